The van der Waals surface area contributed by atoms with Crippen molar-refractivity contribution in [1.82, 2.24) is 14.9 Å². The summed E-state index contributed by atoms with van der Waals surface area (Å²) in [6.45, 7) is -0.401. The predicted molar refractivity (Wildman–Crippen MR) is 112 cm³/mol. The van der Waals surface area contributed by atoms with Crippen LogP contribution < -0.4 is 5.32 Å². The maximum absolute atomic E-state index is 11.7. The lowest BCUT2D eigenvalue weighted by Gasteiger charge is -2.35. The van der Waals surface area contributed by atoms with Gasteiger partial charge in [0.05, 0.1) is 23.7 Å². The number of carbonyl (C=O) groups excluding carboxylic acids is 2. The van der Waals surface area contributed by atoms with Crippen molar-refractivity contribution >= 4 is 86.1 Å². The van der Waals surface area contributed by atoms with E-state index in [0.29, 0.717) is 15.7 Å². The third-order valence-electron chi connectivity index (χ3n) is 3.45. The van der Waals surface area contributed by atoms with Gasteiger partial charge in [-0.1, -0.05) is 70.5 Å². The summed E-state index contributed by atoms with van der Waals surface area (Å²) in [5.74, 6) is 1.16. The number of rotatable bonds is 7. The molecule has 0 spiro atoms. The molecule has 13 heteroatoms. The molecule has 1 aliphatic heterocycles. The molecule has 150 valence electrons. The lowest BCUT2D eigenvalue weighted by molar-refractivity contribution is -0.133. The highest BCUT2D eigenvalue weighted by Crippen LogP contribution is 2.33. The quantitative estimate of drug-likeness (QED) is 0.267. The van der Waals surface area contributed by atoms with Crippen molar-refractivity contribution in [3.63, 3.8) is 0 Å². The van der Waals surface area contributed by atoms with Crippen LogP contribution in [0.2, 0.25) is 0 Å². The second-order valence-electron chi connectivity index (χ2n) is 5.44. The highest BCUT2D eigenvalue weighted by Gasteiger charge is 2.40. The molecule has 1 aliphatic rings. The Morgan fingerprint density at radius 1 is 1.44 bits per heavy atom. The summed E-state index contributed by atoms with van der Waals surface area (Å²) in [6, 6.07) is 0. The number of hydrogen-bond acceptors (Lipinski definition) is 8. The Morgan fingerprint density at radius 3 is 2.78 bits per heavy atom. The van der Waals surface area contributed by atoms with Crippen molar-refractivity contribution < 1.29 is 19.1 Å². The van der Waals surface area contributed by atoms with Gasteiger partial charge in [-0.15, -0.1) is 0 Å². The monoisotopic (exact) mass is 491 g/mol. The maximum Gasteiger partial charge on any atom is 0.508 e. The number of thioether (sulfide) groups is 2. The second-order valence-corrected chi connectivity index (χ2v) is 11.3. The van der Waals surface area contributed by atoms with Gasteiger partial charge in [0.1, 0.15) is 16.0 Å². The number of thiocarbonyl (C=S) groups is 1. The first-order valence-electron chi connectivity index (χ1n) is 7.62. The molecule has 0 unspecified atom stereocenters. The summed E-state index contributed by atoms with van der Waals surface area (Å²) in [5, 5.41) is 2.64. The van der Waals surface area contributed by atoms with Crippen LogP contribution >= 0.6 is 70.5 Å². The van der Waals surface area contributed by atoms with Crippen molar-refractivity contribution in [2.24, 2.45) is 13.0 Å². The van der Waals surface area contributed by atoms with E-state index in [4.69, 9.17) is 51.8 Å². The summed E-state index contributed by atoms with van der Waals surface area (Å²) in [7, 11) is 1.92. The van der Waals surface area contributed by atoms with Gasteiger partial charge in [-0.05, 0) is 6.42 Å². The largest absolute Gasteiger partial charge is 0.508 e. The standard InChI is InChI=1S/C14H16Cl3N3O4S3/c1-20-4-3-18-9(20)6-26-13(25)27-11-8(10(21)19-11)2-5-23-12(22)24-7-14(15,16)17/h3-4,8,11H,2,5-7H2,1H3,(H,19,21)/t8-,11-/m1/s1. The third kappa shape index (κ3) is 7.86. The van der Waals surface area contributed by atoms with E-state index in [0.717, 1.165) is 5.82 Å². The Balaban J connectivity index is 1.66. The van der Waals surface area contributed by atoms with Crippen molar-refractivity contribution in [2.75, 3.05) is 13.2 Å². The Bertz CT molecular complexity index is 699. The number of halogens is 3. The molecule has 0 saturated carbocycles. The minimum atomic E-state index is -1.70. The molecule has 1 N–H and O–H groups in total. The van der Waals surface area contributed by atoms with Crippen LogP contribution in [0.4, 0.5) is 4.79 Å². The molecule has 2 rings (SSSR count). The maximum atomic E-state index is 11.7. The van der Waals surface area contributed by atoms with E-state index in [1.165, 1.54) is 23.5 Å². The average molecular weight is 493 g/mol. The number of nitrogens with one attached hydrogen (secondary N) is 1. The van der Waals surface area contributed by atoms with Gasteiger partial charge < -0.3 is 19.4 Å². The van der Waals surface area contributed by atoms with E-state index in [1.54, 1.807) is 6.20 Å². The van der Waals surface area contributed by atoms with Crippen LogP contribution in [0.3, 0.4) is 0 Å². The number of ether oxygens (including phenoxy) is 2. The molecule has 0 aliphatic carbocycles. The molecule has 0 radical (unpaired) electrons. The molecule has 1 saturated heterocycles. The highest BCUT2D eigenvalue weighted by molar-refractivity contribution is 8.47. The van der Waals surface area contributed by atoms with Crippen LogP contribution in [-0.2, 0) is 27.1 Å². The second kappa shape index (κ2) is 10.4. The molecule has 1 fully saturated rings. The zero-order valence-electron chi connectivity index (χ0n) is 14.0. The molecule has 1 amide bonds. The molecule has 0 bridgehead atoms. The number of alkyl halides is 3. The molecule has 1 aromatic heterocycles. The number of amides is 1. The Kier molecular flexibility index (Phi) is 8.82. The SMILES string of the molecule is Cn1ccnc1CSC(=S)S[C@H]1NC(=O)[C@H]1CCOC(=O)OCC(Cl)(Cl)Cl. The zero-order chi connectivity index (χ0) is 20.0. The van der Waals surface area contributed by atoms with Gasteiger partial charge in [0.2, 0.25) is 9.70 Å². The molecular weight excluding hydrogens is 477 g/mol. The summed E-state index contributed by atoms with van der Waals surface area (Å²) in [5.41, 5.74) is 0. The fraction of sp³-hybridized carbons (Fsp3) is 0.571. The first kappa shape index (κ1) is 22.9. The smallest absolute Gasteiger partial charge is 0.434 e. The fourth-order valence-electron chi connectivity index (χ4n) is 2.03. The third-order valence-corrected chi connectivity index (χ3v) is 6.60. The zero-order valence-corrected chi connectivity index (χ0v) is 18.7. The Labute approximate surface area is 185 Å². The van der Waals surface area contributed by atoms with Crippen molar-refractivity contribution in [2.45, 2.75) is 21.3 Å². The molecule has 2 atom stereocenters. The summed E-state index contributed by atoms with van der Waals surface area (Å²) >= 11 is 24.6. The van der Waals surface area contributed by atoms with Gasteiger partial charge in [0.15, 0.2) is 0 Å². The highest BCUT2D eigenvalue weighted by atomic mass is 35.6. The molecule has 0 aromatic carbocycles. The van der Waals surface area contributed by atoms with E-state index in [9.17, 15) is 9.59 Å². The van der Waals surface area contributed by atoms with Crippen LogP contribution in [0.1, 0.15) is 12.2 Å². The number of carbonyl (C=O) groups is 2. The molecule has 1 aromatic rings. The number of aromatic nitrogens is 2. The number of imidazole rings is 1. The van der Waals surface area contributed by atoms with Gasteiger partial charge in [-0.3, -0.25) is 4.79 Å². The minimum Gasteiger partial charge on any atom is -0.434 e. The van der Waals surface area contributed by atoms with E-state index in [1.807, 2.05) is 17.8 Å². The average Bonchev–Trinajstić information content (AvgIpc) is 2.99. The van der Waals surface area contributed by atoms with E-state index >= 15 is 0 Å². The lowest BCUT2D eigenvalue weighted by atomic mass is 9.98. The van der Waals surface area contributed by atoms with Crippen molar-refractivity contribution in [3.8, 4) is 0 Å². The van der Waals surface area contributed by atoms with Crippen LogP contribution in [-0.4, -0.2) is 47.5 Å². The lowest BCUT2D eigenvalue weighted by Crippen LogP contribution is -2.56. The Hall–Kier alpha value is -0.390. The van der Waals surface area contributed by atoms with Gasteiger partial charge in [0, 0.05) is 19.4 Å². The number of aryl methyl sites for hydroxylation is 1. The molecule has 27 heavy (non-hydrogen) atoms. The first-order valence-corrected chi connectivity index (χ1v) is 11.0. The van der Waals surface area contributed by atoms with E-state index in [-0.39, 0.29) is 23.8 Å². The van der Waals surface area contributed by atoms with Gasteiger partial charge >= 0.3 is 6.16 Å². The summed E-state index contributed by atoms with van der Waals surface area (Å²) in [6.07, 6.45) is 2.99. The number of nitrogens with zero attached hydrogens (tertiary/aromatic N) is 2. The fourth-order valence-corrected chi connectivity index (χ4v) is 4.77. The minimum absolute atomic E-state index is 0.0149. The van der Waals surface area contributed by atoms with Crippen LogP contribution in [0.25, 0.3) is 0 Å². The van der Waals surface area contributed by atoms with Gasteiger partial charge in [-0.2, -0.15) is 0 Å². The molecule has 2 heterocycles. The first-order chi connectivity index (χ1) is 12.7. The Morgan fingerprint density at radius 2 is 2.19 bits per heavy atom. The number of hydrogen-bond donors (Lipinski definition) is 1. The van der Waals surface area contributed by atoms with E-state index in [2.05, 4.69) is 15.0 Å². The van der Waals surface area contributed by atoms with Crippen LogP contribution in [0, 0.1) is 5.92 Å². The van der Waals surface area contributed by atoms with Crippen LogP contribution in [0.5, 0.6) is 0 Å². The molecule has 7 nitrogen and oxygen atoms in total. The van der Waals surface area contributed by atoms with Crippen molar-refractivity contribution in [1.29, 1.82) is 0 Å². The molecular formula is C14H16Cl3N3O4S3. The van der Waals surface area contributed by atoms with E-state index < -0.39 is 16.6 Å². The van der Waals surface area contributed by atoms with Gasteiger partial charge in [-0.25, -0.2) is 9.78 Å². The topological polar surface area (TPSA) is 82.5 Å². The number of β-lactam (4-membered cyclic amide) rings is 1. The predicted octanol–water partition coefficient (Wildman–Crippen LogP) is 3.66. The van der Waals surface area contributed by atoms with Crippen molar-refractivity contribution in [3.05, 3.63) is 18.2 Å². The summed E-state index contributed by atoms with van der Waals surface area (Å²) < 4.78 is 10.5. The normalized spacial score (nSPS) is 19.2. The van der Waals surface area contributed by atoms with Gasteiger partial charge in [0.25, 0.3) is 0 Å². The summed E-state index contributed by atoms with van der Waals surface area (Å²) in [4.78, 5) is 27.4. The van der Waals surface area contributed by atoms with Crippen LogP contribution in [0.15, 0.2) is 12.4 Å².